The summed E-state index contributed by atoms with van der Waals surface area (Å²) in [5.74, 6) is -1.29. The van der Waals surface area contributed by atoms with Crippen LogP contribution < -0.4 is 5.32 Å². The molecular weight excluding hydrogens is 457 g/mol. The molecule has 0 bridgehead atoms. The Bertz CT molecular complexity index is 1090. The molecule has 1 fully saturated rings. The molecule has 1 atom stereocenters. The molecule has 2 aromatic rings. The molecule has 8 nitrogen and oxygen atoms in total. The van der Waals surface area contributed by atoms with Gasteiger partial charge in [0.25, 0.3) is 10.0 Å². The lowest BCUT2D eigenvalue weighted by Gasteiger charge is -2.16. The summed E-state index contributed by atoms with van der Waals surface area (Å²) in [6.45, 7) is 0.585. The fraction of sp³-hybridized carbons (Fsp3) is 0.286. The van der Waals surface area contributed by atoms with Gasteiger partial charge in [0, 0.05) is 32.4 Å². The first-order valence-electron chi connectivity index (χ1n) is 9.72. The van der Waals surface area contributed by atoms with E-state index < -0.39 is 32.9 Å². The molecule has 1 aliphatic heterocycles. The van der Waals surface area contributed by atoms with E-state index in [4.69, 9.17) is 4.74 Å². The van der Waals surface area contributed by atoms with Crippen LogP contribution in [0, 0.1) is 5.82 Å². The Morgan fingerprint density at radius 2 is 1.88 bits per heavy atom. The lowest BCUT2D eigenvalue weighted by atomic mass is 10.2. The molecule has 0 unspecified atom stereocenters. The van der Waals surface area contributed by atoms with Gasteiger partial charge < -0.3 is 10.1 Å². The number of carbonyl (C=O) groups excluding carboxylic acids is 2. The Hall–Kier alpha value is -2.76. The lowest BCUT2D eigenvalue weighted by Crippen LogP contribution is -2.35. The van der Waals surface area contributed by atoms with Crippen molar-refractivity contribution < 1.29 is 27.1 Å². The number of ether oxygens (including phenoxy) is 1. The molecule has 0 saturated carbocycles. The maximum atomic E-state index is 13.0. The highest BCUT2D eigenvalue weighted by Gasteiger charge is 2.40. The summed E-state index contributed by atoms with van der Waals surface area (Å²) in [4.78, 5) is 26.6. The fourth-order valence-corrected chi connectivity index (χ4v) is 5.35. The van der Waals surface area contributed by atoms with Crippen LogP contribution in [0.4, 0.5) is 10.1 Å². The van der Waals surface area contributed by atoms with Gasteiger partial charge in [-0.3, -0.25) is 14.5 Å². The first-order chi connectivity index (χ1) is 15.3. The number of sulfonamides is 1. The Morgan fingerprint density at radius 3 is 2.53 bits per heavy atom. The second kappa shape index (κ2) is 10.7. The van der Waals surface area contributed by atoms with E-state index in [0.717, 1.165) is 11.8 Å². The van der Waals surface area contributed by atoms with Crippen LogP contribution >= 0.6 is 11.8 Å². The van der Waals surface area contributed by atoms with E-state index in [9.17, 15) is 22.4 Å². The second-order valence-electron chi connectivity index (χ2n) is 6.86. The number of thioether (sulfide) groups is 1. The summed E-state index contributed by atoms with van der Waals surface area (Å²) < 4.78 is 47.3. The van der Waals surface area contributed by atoms with Crippen molar-refractivity contribution in [2.45, 2.75) is 23.0 Å². The van der Waals surface area contributed by atoms with Crippen molar-refractivity contribution in [1.82, 2.24) is 4.90 Å². The Morgan fingerprint density at radius 1 is 1.19 bits per heavy atom. The molecule has 1 saturated heterocycles. The Labute approximate surface area is 189 Å². The van der Waals surface area contributed by atoms with Crippen LogP contribution in [-0.4, -0.2) is 55.8 Å². The monoisotopic (exact) mass is 479 g/mol. The van der Waals surface area contributed by atoms with E-state index in [0.29, 0.717) is 18.7 Å². The van der Waals surface area contributed by atoms with Gasteiger partial charge in [0.1, 0.15) is 11.1 Å². The van der Waals surface area contributed by atoms with Crippen molar-refractivity contribution >= 4 is 44.5 Å². The van der Waals surface area contributed by atoms with Gasteiger partial charge in [0.05, 0.1) is 4.90 Å². The first kappa shape index (κ1) is 23.9. The Balaban J connectivity index is 1.77. The number of methoxy groups -OCH3 is 1. The number of anilines is 1. The number of amides is 2. The highest BCUT2D eigenvalue weighted by Crippen LogP contribution is 2.31. The zero-order chi connectivity index (χ0) is 23.1. The predicted molar refractivity (Wildman–Crippen MR) is 120 cm³/mol. The minimum Gasteiger partial charge on any atom is -0.385 e. The van der Waals surface area contributed by atoms with Gasteiger partial charge in [-0.15, -0.1) is 4.40 Å². The summed E-state index contributed by atoms with van der Waals surface area (Å²) in [6.07, 6.45) is 0.285. The number of carbonyl (C=O) groups is 2. The van der Waals surface area contributed by atoms with Crippen molar-refractivity contribution in [2.24, 2.45) is 4.40 Å². The number of hydrogen-bond acceptors (Lipinski definition) is 6. The molecule has 0 aromatic heterocycles. The molecule has 3 rings (SSSR count). The van der Waals surface area contributed by atoms with E-state index >= 15 is 0 Å². The molecule has 1 N–H and O–H groups in total. The lowest BCUT2D eigenvalue weighted by molar-refractivity contribution is -0.128. The maximum absolute atomic E-state index is 13.0. The van der Waals surface area contributed by atoms with Crippen molar-refractivity contribution in [1.29, 1.82) is 0 Å². The molecule has 11 heteroatoms. The molecule has 32 heavy (non-hydrogen) atoms. The molecular formula is C21H22FN3O5S2. The SMILES string of the molecule is COCCCN1C(=O)[C@H](CC(=O)Nc2ccc(F)cc2)SC1=NS(=O)(=O)c1ccccc1. The largest absolute Gasteiger partial charge is 0.385 e. The van der Waals surface area contributed by atoms with Gasteiger partial charge in [-0.2, -0.15) is 8.42 Å². The van der Waals surface area contributed by atoms with Gasteiger partial charge >= 0.3 is 0 Å². The molecule has 2 aromatic carbocycles. The first-order valence-corrected chi connectivity index (χ1v) is 12.0. The van der Waals surface area contributed by atoms with Crippen molar-refractivity contribution in [3.05, 3.63) is 60.4 Å². The van der Waals surface area contributed by atoms with Crippen molar-refractivity contribution in [3.8, 4) is 0 Å². The van der Waals surface area contributed by atoms with Crippen LogP contribution in [0.2, 0.25) is 0 Å². The standard InChI is InChI=1S/C21H22FN3O5S2/c1-30-13-5-12-25-20(27)18(14-19(26)23-16-10-8-15(22)9-11-16)31-21(25)24-32(28,29)17-6-3-2-4-7-17/h2-4,6-11,18H,5,12-14H2,1H3,(H,23,26)/t18-/m0/s1. The summed E-state index contributed by atoms with van der Waals surface area (Å²) in [6, 6.07) is 12.9. The van der Waals surface area contributed by atoms with Crippen molar-refractivity contribution in [2.75, 3.05) is 25.6 Å². The molecule has 0 radical (unpaired) electrons. The van der Waals surface area contributed by atoms with E-state index in [-0.39, 0.29) is 23.0 Å². The van der Waals surface area contributed by atoms with E-state index in [1.165, 1.54) is 48.4 Å². The number of nitrogens with one attached hydrogen (secondary N) is 1. The third kappa shape index (κ3) is 6.15. The number of benzene rings is 2. The molecule has 1 aliphatic rings. The van der Waals surface area contributed by atoms with Crippen LogP contribution in [0.3, 0.4) is 0 Å². The van der Waals surface area contributed by atoms with Crippen LogP contribution in [0.1, 0.15) is 12.8 Å². The van der Waals surface area contributed by atoms with Gasteiger partial charge in [0.2, 0.25) is 11.8 Å². The Kier molecular flexibility index (Phi) is 7.99. The molecule has 2 amide bonds. The van der Waals surface area contributed by atoms with Crippen LogP contribution in [0.5, 0.6) is 0 Å². The zero-order valence-corrected chi connectivity index (χ0v) is 18.9. The number of amidine groups is 1. The van der Waals surface area contributed by atoms with E-state index in [2.05, 4.69) is 9.71 Å². The van der Waals surface area contributed by atoms with Gasteiger partial charge in [0.15, 0.2) is 5.17 Å². The highest BCUT2D eigenvalue weighted by molar-refractivity contribution is 8.16. The second-order valence-corrected chi connectivity index (χ2v) is 9.64. The van der Waals surface area contributed by atoms with Crippen LogP contribution in [-0.2, 0) is 24.3 Å². The van der Waals surface area contributed by atoms with Gasteiger partial charge in [-0.25, -0.2) is 4.39 Å². The topological polar surface area (TPSA) is 105 Å². The number of hydrogen-bond donors (Lipinski definition) is 1. The summed E-state index contributed by atoms with van der Waals surface area (Å²) >= 11 is 0.933. The van der Waals surface area contributed by atoms with Gasteiger partial charge in [-0.05, 0) is 42.8 Å². The average molecular weight is 480 g/mol. The minimum atomic E-state index is -4.03. The van der Waals surface area contributed by atoms with Crippen molar-refractivity contribution in [3.63, 3.8) is 0 Å². The molecule has 1 heterocycles. The quantitative estimate of drug-likeness (QED) is 0.555. The number of nitrogens with zero attached hydrogens (tertiary/aromatic N) is 2. The minimum absolute atomic E-state index is 0.00916. The smallest absolute Gasteiger partial charge is 0.284 e. The van der Waals surface area contributed by atoms with Gasteiger partial charge in [-0.1, -0.05) is 30.0 Å². The summed E-state index contributed by atoms with van der Waals surface area (Å²) in [5, 5.41) is 1.80. The third-order valence-corrected chi connectivity index (χ3v) is 7.06. The zero-order valence-electron chi connectivity index (χ0n) is 17.2. The normalized spacial score (nSPS) is 17.7. The summed E-state index contributed by atoms with van der Waals surface area (Å²) in [7, 11) is -2.50. The number of rotatable bonds is 9. The third-order valence-electron chi connectivity index (χ3n) is 4.49. The molecule has 0 aliphatic carbocycles. The predicted octanol–water partition coefficient (Wildman–Crippen LogP) is 2.88. The van der Waals surface area contributed by atoms with Crippen LogP contribution in [0.25, 0.3) is 0 Å². The maximum Gasteiger partial charge on any atom is 0.284 e. The highest BCUT2D eigenvalue weighted by atomic mass is 32.2. The molecule has 170 valence electrons. The number of halogens is 1. The van der Waals surface area contributed by atoms with Crippen LogP contribution in [0.15, 0.2) is 63.9 Å². The fourth-order valence-electron chi connectivity index (χ4n) is 2.94. The van der Waals surface area contributed by atoms with E-state index in [1.807, 2.05) is 0 Å². The van der Waals surface area contributed by atoms with E-state index in [1.54, 1.807) is 18.2 Å². The summed E-state index contributed by atoms with van der Waals surface area (Å²) in [5.41, 5.74) is 0.393. The average Bonchev–Trinajstić information content (AvgIpc) is 3.04. The molecule has 0 spiro atoms.